The first-order chi connectivity index (χ1) is 10.0. The largest absolute Gasteiger partial charge is 0.494 e. The van der Waals surface area contributed by atoms with Gasteiger partial charge in [-0.15, -0.1) is 0 Å². The van der Waals surface area contributed by atoms with Crippen LogP contribution in [-0.4, -0.2) is 39.2 Å². The summed E-state index contributed by atoms with van der Waals surface area (Å²) in [6, 6.07) is 4.42. The molecule has 6 nitrogen and oxygen atoms in total. The van der Waals surface area contributed by atoms with Crippen molar-refractivity contribution in [3.05, 3.63) is 29.6 Å². The van der Waals surface area contributed by atoms with E-state index in [4.69, 9.17) is 9.47 Å². The molecule has 0 saturated carbocycles. The van der Waals surface area contributed by atoms with Crippen LogP contribution in [0.4, 0.5) is 4.39 Å². The predicted octanol–water partition coefficient (Wildman–Crippen LogP) is 0.771. The van der Waals surface area contributed by atoms with Gasteiger partial charge in [0.15, 0.2) is 17.5 Å². The van der Waals surface area contributed by atoms with E-state index in [9.17, 15) is 9.18 Å². The lowest BCUT2D eigenvalue weighted by Gasteiger charge is -2.22. The van der Waals surface area contributed by atoms with Gasteiger partial charge in [-0.1, -0.05) is 6.07 Å². The van der Waals surface area contributed by atoms with Crippen LogP contribution in [0.25, 0.3) is 0 Å². The molecule has 21 heavy (non-hydrogen) atoms. The summed E-state index contributed by atoms with van der Waals surface area (Å²) in [5, 5.41) is 5.62. The average molecular weight is 295 g/mol. The molecule has 7 heteroatoms. The second-order valence-corrected chi connectivity index (χ2v) is 4.78. The summed E-state index contributed by atoms with van der Waals surface area (Å²) in [4.78, 5) is 16.3. The summed E-state index contributed by atoms with van der Waals surface area (Å²) < 4.78 is 23.6. The number of hydrogen-bond donors (Lipinski definition) is 2. The molecule has 1 aliphatic rings. The summed E-state index contributed by atoms with van der Waals surface area (Å²) in [6.07, 6.45) is 0. The highest BCUT2D eigenvalue weighted by Gasteiger charge is 2.42. The van der Waals surface area contributed by atoms with Gasteiger partial charge in [0.25, 0.3) is 5.91 Å². The van der Waals surface area contributed by atoms with Gasteiger partial charge in [-0.2, -0.15) is 0 Å². The molecule has 2 rings (SSSR count). The van der Waals surface area contributed by atoms with Crippen molar-refractivity contribution in [1.82, 2.24) is 10.6 Å². The first-order valence-corrected chi connectivity index (χ1v) is 6.48. The van der Waals surface area contributed by atoms with E-state index in [1.165, 1.54) is 19.2 Å². The third-order valence-electron chi connectivity index (χ3n) is 3.35. The second kappa shape index (κ2) is 6.09. The van der Waals surface area contributed by atoms with Crippen LogP contribution >= 0.6 is 0 Å². The fourth-order valence-corrected chi connectivity index (χ4v) is 2.07. The van der Waals surface area contributed by atoms with Gasteiger partial charge in [0.2, 0.25) is 0 Å². The van der Waals surface area contributed by atoms with Crippen LogP contribution in [0.2, 0.25) is 0 Å². The number of carbonyl (C=O) groups excluding carboxylic acids is 1. The lowest BCUT2D eigenvalue weighted by molar-refractivity contribution is -0.123. The third-order valence-corrected chi connectivity index (χ3v) is 3.35. The summed E-state index contributed by atoms with van der Waals surface area (Å²) in [5.74, 6) is -0.315. The van der Waals surface area contributed by atoms with Crippen molar-refractivity contribution >= 4 is 11.9 Å². The standard InChI is InChI=1S/C14H18FN3O3/c1-14(9-4-5-11(21-3)10(15)8-9)12(19)17-13(18-14)16-6-7-20-2/h4-5,8H,6-7H2,1-3H3,(H2,16,17,18,19). The van der Waals surface area contributed by atoms with E-state index in [-0.39, 0.29) is 11.7 Å². The number of rotatable bonds is 5. The van der Waals surface area contributed by atoms with E-state index in [0.717, 1.165) is 0 Å². The van der Waals surface area contributed by atoms with E-state index in [1.54, 1.807) is 20.1 Å². The Kier molecular flexibility index (Phi) is 4.42. The fraction of sp³-hybridized carbons (Fsp3) is 0.429. The van der Waals surface area contributed by atoms with Crippen molar-refractivity contribution < 1.29 is 18.7 Å². The van der Waals surface area contributed by atoms with Crippen molar-refractivity contribution in [1.29, 1.82) is 0 Å². The zero-order valence-electron chi connectivity index (χ0n) is 12.2. The van der Waals surface area contributed by atoms with E-state index >= 15 is 0 Å². The van der Waals surface area contributed by atoms with E-state index < -0.39 is 11.4 Å². The first kappa shape index (κ1) is 15.2. The molecule has 0 aromatic heterocycles. The van der Waals surface area contributed by atoms with Gasteiger partial charge >= 0.3 is 0 Å². The van der Waals surface area contributed by atoms with Gasteiger partial charge in [-0.3, -0.25) is 15.1 Å². The van der Waals surface area contributed by atoms with Gasteiger partial charge in [0.05, 0.1) is 20.3 Å². The van der Waals surface area contributed by atoms with Crippen molar-refractivity contribution in [2.75, 3.05) is 27.4 Å². The molecule has 1 aromatic rings. The number of methoxy groups -OCH3 is 2. The number of nitrogens with one attached hydrogen (secondary N) is 2. The Balaban J connectivity index is 2.24. The van der Waals surface area contributed by atoms with Gasteiger partial charge in [-0.25, -0.2) is 4.39 Å². The minimum absolute atomic E-state index is 0.134. The molecule has 1 unspecified atom stereocenters. The molecule has 1 aromatic carbocycles. The lowest BCUT2D eigenvalue weighted by atomic mass is 9.92. The predicted molar refractivity (Wildman–Crippen MR) is 75.8 cm³/mol. The molecule has 0 bridgehead atoms. The Morgan fingerprint density at radius 3 is 2.76 bits per heavy atom. The van der Waals surface area contributed by atoms with Gasteiger partial charge in [0.1, 0.15) is 5.54 Å². The third kappa shape index (κ3) is 2.97. The number of guanidine groups is 1. The van der Waals surface area contributed by atoms with Crippen LogP contribution in [0.1, 0.15) is 12.5 Å². The van der Waals surface area contributed by atoms with Crippen LogP contribution in [0.5, 0.6) is 5.75 Å². The molecular weight excluding hydrogens is 277 g/mol. The molecular formula is C14H18FN3O3. The number of nitrogens with zero attached hydrogens (tertiary/aromatic N) is 1. The average Bonchev–Trinajstić information content (AvgIpc) is 2.75. The van der Waals surface area contributed by atoms with Crippen molar-refractivity contribution in [2.24, 2.45) is 4.99 Å². The highest BCUT2D eigenvalue weighted by molar-refractivity contribution is 6.09. The Morgan fingerprint density at radius 1 is 1.38 bits per heavy atom. The lowest BCUT2D eigenvalue weighted by Crippen LogP contribution is -2.40. The highest BCUT2D eigenvalue weighted by Crippen LogP contribution is 2.28. The molecule has 0 aliphatic carbocycles. The quantitative estimate of drug-likeness (QED) is 0.787. The molecule has 1 amide bonds. The smallest absolute Gasteiger partial charge is 0.256 e. The monoisotopic (exact) mass is 295 g/mol. The normalized spacial score (nSPS) is 23.0. The molecule has 114 valence electrons. The van der Waals surface area contributed by atoms with Crippen LogP contribution in [-0.2, 0) is 15.1 Å². The summed E-state index contributed by atoms with van der Waals surface area (Å²) >= 11 is 0. The Bertz CT molecular complexity index is 577. The topological polar surface area (TPSA) is 72.0 Å². The minimum Gasteiger partial charge on any atom is -0.494 e. The molecule has 1 fully saturated rings. The van der Waals surface area contributed by atoms with E-state index in [0.29, 0.717) is 24.7 Å². The summed E-state index contributed by atoms with van der Waals surface area (Å²) in [6.45, 7) is 2.55. The van der Waals surface area contributed by atoms with E-state index in [2.05, 4.69) is 15.6 Å². The van der Waals surface area contributed by atoms with Gasteiger partial charge in [-0.05, 0) is 24.6 Å². The van der Waals surface area contributed by atoms with Gasteiger partial charge < -0.3 is 14.8 Å². The number of carbonyl (C=O) groups is 1. The number of aliphatic imine (C=N–C) groups is 1. The summed E-state index contributed by atoms with van der Waals surface area (Å²) in [5.41, 5.74) is -0.575. The molecule has 1 saturated heterocycles. The van der Waals surface area contributed by atoms with Crippen molar-refractivity contribution in [2.45, 2.75) is 12.5 Å². The molecule has 1 heterocycles. The maximum atomic E-state index is 13.8. The zero-order valence-corrected chi connectivity index (χ0v) is 12.2. The number of hydrogen-bond acceptors (Lipinski definition) is 4. The van der Waals surface area contributed by atoms with Crippen LogP contribution in [0.15, 0.2) is 23.2 Å². The number of benzene rings is 1. The second-order valence-electron chi connectivity index (χ2n) is 4.78. The van der Waals surface area contributed by atoms with Gasteiger partial charge in [0, 0.05) is 7.11 Å². The fourth-order valence-electron chi connectivity index (χ4n) is 2.07. The van der Waals surface area contributed by atoms with Crippen LogP contribution < -0.4 is 15.4 Å². The molecule has 1 atom stereocenters. The first-order valence-electron chi connectivity index (χ1n) is 6.48. The molecule has 0 radical (unpaired) electrons. The molecule has 1 aliphatic heterocycles. The zero-order chi connectivity index (χ0) is 15.5. The van der Waals surface area contributed by atoms with Crippen LogP contribution in [0.3, 0.4) is 0 Å². The number of ether oxygens (including phenoxy) is 2. The maximum absolute atomic E-state index is 13.8. The maximum Gasteiger partial charge on any atom is 0.256 e. The van der Waals surface area contributed by atoms with Crippen molar-refractivity contribution in [3.8, 4) is 5.75 Å². The van der Waals surface area contributed by atoms with Crippen LogP contribution in [0, 0.1) is 5.82 Å². The number of halogens is 1. The summed E-state index contributed by atoms with van der Waals surface area (Å²) in [7, 11) is 2.96. The van der Waals surface area contributed by atoms with Crippen molar-refractivity contribution in [3.63, 3.8) is 0 Å². The Labute approximate surface area is 122 Å². The number of amides is 1. The SMILES string of the molecule is COCCN=C1NC(=O)C(C)(c2ccc(OC)c(F)c2)N1. The Morgan fingerprint density at radius 2 is 2.14 bits per heavy atom. The highest BCUT2D eigenvalue weighted by atomic mass is 19.1. The Hall–Kier alpha value is -2.15. The molecule has 2 N–H and O–H groups in total. The van der Waals surface area contributed by atoms with E-state index in [1.807, 2.05) is 0 Å². The molecule has 0 spiro atoms. The minimum atomic E-state index is -1.07.